The van der Waals surface area contributed by atoms with Crippen LogP contribution in [0.5, 0.6) is 5.75 Å². The molecule has 4 atom stereocenters. The van der Waals surface area contributed by atoms with E-state index in [1.807, 2.05) is 57.2 Å². The third-order valence-electron chi connectivity index (χ3n) is 13.4. The van der Waals surface area contributed by atoms with Gasteiger partial charge in [-0.2, -0.15) is 54.0 Å². The molecule has 4 aromatic rings. The number of aryl methyl sites for hydroxylation is 1. The van der Waals surface area contributed by atoms with Gasteiger partial charge in [0.15, 0.2) is 0 Å². The Kier molecular flexibility index (Phi) is 23.1. The van der Waals surface area contributed by atoms with Crippen molar-refractivity contribution in [1.82, 2.24) is 40.0 Å². The Morgan fingerprint density at radius 2 is 1.75 bits per heavy atom. The average Bonchev–Trinajstić information content (AvgIpc) is 3.93. The zero-order chi connectivity index (χ0) is 49.7. The molecule has 2 fully saturated rings. The number of carbonyl (C=O) groups excluding carboxylic acids is 5. The Hall–Kier alpha value is -4.88. The minimum atomic E-state index is -1.17. The molecule has 16 nitrogen and oxygen atoms in total. The molecule has 0 saturated carbocycles. The third-order valence-corrected chi connectivity index (χ3v) is 13.4. The summed E-state index contributed by atoms with van der Waals surface area (Å²) in [4.78, 5) is 79.6. The average molecular weight is 1080 g/mol. The number of phenols is 1. The van der Waals surface area contributed by atoms with Gasteiger partial charge in [-0.15, -0.1) is 0 Å². The number of hydrogen-bond donors (Lipinski definition) is 3. The first kappa shape index (κ1) is 62.4. The van der Waals surface area contributed by atoms with Gasteiger partial charge in [-0.25, -0.2) is 5.43 Å². The maximum atomic E-state index is 14.8. The Balaban J connectivity index is 0.00000352. The fraction of sp³-hybridized carbons (Fsp3) is 0.509. The molecule has 7 rings (SSSR count). The summed E-state index contributed by atoms with van der Waals surface area (Å²) >= 11 is 0. The summed E-state index contributed by atoms with van der Waals surface area (Å²) in [6.45, 7) is 12.3. The summed E-state index contributed by atoms with van der Waals surface area (Å²) in [6, 6.07) is 10.4. The van der Waals surface area contributed by atoms with E-state index >= 15 is 0 Å². The number of pyridine rings is 1. The lowest BCUT2D eigenvalue weighted by Gasteiger charge is -2.37. The van der Waals surface area contributed by atoms with Crippen molar-refractivity contribution in [2.24, 2.45) is 17.3 Å². The number of aromatic hydroxyl groups is 1. The number of ether oxygens (including phenoxy) is 2. The fourth-order valence-electron chi connectivity index (χ4n) is 10.0. The number of cyclic esters (lactones) is 1. The van der Waals surface area contributed by atoms with E-state index in [4.69, 9.17) is 9.47 Å². The molecule has 20 heteroatoms. The summed E-state index contributed by atoms with van der Waals surface area (Å²) in [7, 11) is 6.98. The minimum absolute atomic E-state index is 0. The van der Waals surface area contributed by atoms with Crippen LogP contribution in [-0.2, 0) is 59.4 Å². The number of rotatable bonds is 10. The van der Waals surface area contributed by atoms with Crippen molar-refractivity contribution in [3.8, 4) is 40.0 Å². The summed E-state index contributed by atoms with van der Waals surface area (Å²) < 4.78 is 14.0. The van der Waals surface area contributed by atoms with E-state index in [9.17, 15) is 29.1 Å². The molecule has 5 heterocycles. The first-order chi connectivity index (χ1) is 32.9. The summed E-state index contributed by atoms with van der Waals surface area (Å²) in [5.41, 5.74) is 9.71. The largest absolute Gasteiger partial charge is 0.508 e. The van der Waals surface area contributed by atoms with Crippen molar-refractivity contribution in [3.05, 3.63) is 71.5 Å². The van der Waals surface area contributed by atoms with Gasteiger partial charge in [-0.05, 0) is 117 Å². The van der Waals surface area contributed by atoms with Crippen LogP contribution in [0.2, 0.25) is 0 Å². The van der Waals surface area contributed by atoms with Crippen LogP contribution in [0.3, 0.4) is 0 Å². The first-order valence-corrected chi connectivity index (χ1v) is 24.0. The van der Waals surface area contributed by atoms with Crippen LogP contribution in [0.1, 0.15) is 70.6 Å². The number of nitrogens with one attached hydrogen (secondary N) is 2. The van der Waals surface area contributed by atoms with Crippen LogP contribution < -0.4 is 10.7 Å². The normalized spacial score (nSPS) is 18.9. The highest BCUT2D eigenvalue weighted by Crippen LogP contribution is 2.41. The highest BCUT2D eigenvalue weighted by Gasteiger charge is 2.40. The Bertz CT molecular complexity index is 2670. The maximum absolute atomic E-state index is 14.8. The summed E-state index contributed by atoms with van der Waals surface area (Å²) in [5, 5.41) is 16.7. The van der Waals surface area contributed by atoms with Gasteiger partial charge in [0.2, 0.25) is 11.8 Å². The van der Waals surface area contributed by atoms with Gasteiger partial charge in [0.1, 0.15) is 23.9 Å². The van der Waals surface area contributed by atoms with Crippen LogP contribution in [0.4, 0.5) is 0 Å². The molecule has 3 N–H and O–H groups in total. The number of benzene rings is 2. The highest BCUT2D eigenvalue weighted by atomic mass is 32.1. The Morgan fingerprint density at radius 1 is 1.01 bits per heavy atom. The van der Waals surface area contributed by atoms with Gasteiger partial charge >= 0.3 is 5.97 Å². The van der Waals surface area contributed by atoms with E-state index < -0.39 is 47.2 Å². The molecule has 2 aromatic carbocycles. The van der Waals surface area contributed by atoms with Crippen molar-refractivity contribution in [3.63, 3.8) is 0 Å². The van der Waals surface area contributed by atoms with Crippen LogP contribution in [-0.4, -0.2) is 143 Å². The van der Waals surface area contributed by atoms with Crippen LogP contribution in [0, 0.1) is 29.1 Å². The second-order valence-electron chi connectivity index (χ2n) is 20.1. The Morgan fingerprint density at radius 3 is 2.44 bits per heavy atom. The number of likely N-dealkylation sites (tertiary alicyclic amines) is 1. The van der Waals surface area contributed by atoms with E-state index in [1.54, 1.807) is 37.4 Å². The number of likely N-dealkylation sites (N-methyl/N-ethyl adjacent to an activating group) is 1. The van der Waals surface area contributed by atoms with Gasteiger partial charge in [-0.1, -0.05) is 45.7 Å². The smallest absolute Gasteiger partial charge is 0.324 e. The monoisotopic (exact) mass is 1080 g/mol. The van der Waals surface area contributed by atoms with Crippen LogP contribution in [0.15, 0.2) is 54.9 Å². The predicted octanol–water partition coefficient (Wildman–Crippen LogP) is 5.24. The summed E-state index contributed by atoms with van der Waals surface area (Å²) in [6.07, 6.45) is 5.53. The predicted molar refractivity (Wildman–Crippen MR) is 305 cm³/mol. The zero-order valence-corrected chi connectivity index (χ0v) is 47.6. The van der Waals surface area contributed by atoms with Gasteiger partial charge in [0, 0.05) is 81.0 Å². The molecule has 400 valence electrons. The lowest BCUT2D eigenvalue weighted by molar-refractivity contribution is -0.155. The molecule has 6 bridgehead atoms. The van der Waals surface area contributed by atoms with Crippen LogP contribution >= 0.6 is 54.0 Å². The minimum Gasteiger partial charge on any atom is -0.508 e. The maximum Gasteiger partial charge on any atom is 0.324 e. The molecule has 2 aromatic heterocycles. The molecule has 3 aliphatic rings. The number of fused-ring (bicyclic) bond motifs is 6. The third kappa shape index (κ3) is 14.5. The van der Waals surface area contributed by atoms with Crippen LogP contribution in [0.25, 0.3) is 33.3 Å². The first-order valence-electron chi connectivity index (χ1n) is 24.0. The van der Waals surface area contributed by atoms with Gasteiger partial charge in [-0.3, -0.25) is 38.9 Å². The van der Waals surface area contributed by atoms with Gasteiger partial charge in [0.05, 0.1) is 31.4 Å². The lowest BCUT2D eigenvalue weighted by atomic mass is 9.84. The molecule has 4 amide bonds. The number of hydrogen-bond acceptors (Lipinski definition) is 11. The molecule has 2 saturated heterocycles. The van der Waals surface area contributed by atoms with Crippen molar-refractivity contribution < 1.29 is 38.6 Å². The molecule has 0 radical (unpaired) electrons. The number of methoxy groups -OCH3 is 1. The molecular formula is C53H76N8O8S4. The number of phenolic OH excluding ortho intramolecular Hbond substituents is 1. The Labute approximate surface area is 458 Å². The standard InChI is InChI=1S/C53H68N8O8.4H2S/c1-10-60-45-16-15-35-27-40(45)41(48(60)42-29-54-19-17-37(42)31-68-9)28-53(4,5)32-69-52(67)43-13-11-21-61(56-43)51(66)44(25-34-23-38(35)26-39(62)24-34)55-49(64)47(33(2)3)58(8)50(65)36-18-22-59(30-36)46(63)14-12-20-57(6)7;;;;/h15-17,19,23-24,26-27,29,33,36,43-44,47,56,62H,10-11,13,18,20-22,25,28,30-32H2,1-9H3,(H,55,64);4*1H2/t36-,43-,44-,47-;;;;/m0..../s1. The van der Waals surface area contributed by atoms with Crippen molar-refractivity contribution >= 4 is 94.5 Å². The van der Waals surface area contributed by atoms with Gasteiger partial charge < -0.3 is 34.3 Å². The zero-order valence-electron chi connectivity index (χ0n) is 43.6. The molecular weight excluding hydrogens is 1000 g/mol. The number of hydrazine groups is 1. The molecule has 0 aliphatic carbocycles. The van der Waals surface area contributed by atoms with Crippen molar-refractivity contribution in [1.29, 1.82) is 0 Å². The molecule has 0 spiro atoms. The van der Waals surface area contributed by atoms with E-state index in [0.29, 0.717) is 63.1 Å². The number of carbonyl (C=O) groups is 5. The molecule has 3 aliphatic heterocycles. The number of amides is 4. The van der Waals surface area contributed by atoms with E-state index in [1.165, 1.54) is 9.91 Å². The second-order valence-corrected chi connectivity index (χ2v) is 20.1. The van der Waals surface area contributed by atoms with E-state index in [2.05, 4.69) is 65.0 Å². The summed E-state index contributed by atoms with van der Waals surface area (Å²) in [5.74, 6) is 2.49. The number of nitrogens with zero attached hydrogens (tertiary/aromatic N) is 6. The quantitative estimate of drug-likeness (QED) is 0.140. The molecule has 73 heavy (non-hydrogen) atoms. The highest BCUT2D eigenvalue weighted by molar-refractivity contribution is 7.59. The van der Waals surface area contributed by atoms with Crippen molar-refractivity contribution in [2.45, 2.75) is 98.0 Å². The topological polar surface area (TPSA) is 179 Å². The number of esters is 1. The van der Waals surface area contributed by atoms with E-state index in [0.717, 1.165) is 38.9 Å². The lowest BCUT2D eigenvalue weighted by Crippen LogP contribution is -2.62. The second kappa shape index (κ2) is 27.1. The van der Waals surface area contributed by atoms with Crippen molar-refractivity contribution in [2.75, 3.05) is 61.0 Å². The van der Waals surface area contributed by atoms with Gasteiger partial charge in [0.25, 0.3) is 11.8 Å². The number of aromatic nitrogens is 2. The fourth-order valence-corrected chi connectivity index (χ4v) is 10.0. The van der Waals surface area contributed by atoms with E-state index in [-0.39, 0.29) is 104 Å². The SMILES string of the molecule is CCn1c(-c2cnccc2COC)c2c3cc(ccc31)-c1cc(O)cc(c1)C[C@H](NC(=O)[C@H](C(C)C)N(C)C(=O)[C@H]1CCN(C(=O)C#CCN(C)C)C1)C(=O)N1CCC[C@H](N1)C(=O)OCC(C)(C)C2.S.S.S.S. The molecule has 0 unspecified atom stereocenters.